The molecule has 0 aliphatic carbocycles. The van der Waals surface area contributed by atoms with Gasteiger partial charge in [0.25, 0.3) is 0 Å². The minimum absolute atomic E-state index is 0.0561. The number of aromatic hydroxyl groups is 1. The Morgan fingerprint density at radius 3 is 2.53 bits per heavy atom. The van der Waals surface area contributed by atoms with Crippen molar-refractivity contribution in [2.75, 3.05) is 5.32 Å². The second kappa shape index (κ2) is 5.57. The van der Waals surface area contributed by atoms with Gasteiger partial charge in [-0.05, 0) is 48.7 Å². The molecule has 2 rings (SSSR count). The lowest BCUT2D eigenvalue weighted by atomic mass is 10.1. The van der Waals surface area contributed by atoms with Crippen molar-refractivity contribution in [2.45, 2.75) is 20.3 Å². The van der Waals surface area contributed by atoms with Crippen LogP contribution in [-0.2, 0) is 11.2 Å². The predicted octanol–water partition coefficient (Wildman–Crippen LogP) is 3.19. The zero-order valence-electron chi connectivity index (χ0n) is 11.1. The highest BCUT2D eigenvalue weighted by Gasteiger charge is 2.06. The Bertz CT molecular complexity index is 605. The quantitative estimate of drug-likeness (QED) is 0.827. The topological polar surface area (TPSA) is 49.3 Å². The van der Waals surface area contributed by atoms with Gasteiger partial charge in [-0.1, -0.05) is 24.3 Å². The molecule has 2 aromatic carbocycles. The van der Waals surface area contributed by atoms with Crippen molar-refractivity contribution < 1.29 is 9.90 Å². The van der Waals surface area contributed by atoms with Crippen LogP contribution in [0.2, 0.25) is 0 Å². The maximum Gasteiger partial charge on any atom is 0.228 e. The van der Waals surface area contributed by atoms with Crippen LogP contribution in [0.15, 0.2) is 42.5 Å². The molecule has 0 aliphatic heterocycles. The minimum atomic E-state index is -0.0561. The number of benzene rings is 2. The van der Waals surface area contributed by atoms with Crippen LogP contribution in [0.5, 0.6) is 5.75 Å². The van der Waals surface area contributed by atoms with Gasteiger partial charge in [0, 0.05) is 5.69 Å². The largest absolute Gasteiger partial charge is 0.508 e. The molecule has 0 fully saturated rings. The standard InChI is InChI=1S/C16H17NO2/c1-11-5-3-4-6-13(11)10-16(19)17-14-7-8-15(18)12(2)9-14/h3-9,18H,10H2,1-2H3,(H,17,19). The first-order chi connectivity index (χ1) is 9.06. The van der Waals surface area contributed by atoms with Crippen molar-refractivity contribution >= 4 is 11.6 Å². The zero-order chi connectivity index (χ0) is 13.8. The fourth-order valence-electron chi connectivity index (χ4n) is 1.92. The summed E-state index contributed by atoms with van der Waals surface area (Å²) in [7, 11) is 0. The Kier molecular flexibility index (Phi) is 3.85. The van der Waals surface area contributed by atoms with Crippen molar-refractivity contribution in [1.82, 2.24) is 0 Å². The Morgan fingerprint density at radius 1 is 1.11 bits per heavy atom. The molecular weight excluding hydrogens is 238 g/mol. The molecule has 3 heteroatoms. The molecular formula is C16H17NO2. The molecule has 0 unspecified atom stereocenters. The predicted molar refractivity (Wildman–Crippen MR) is 76.4 cm³/mol. The van der Waals surface area contributed by atoms with E-state index in [0.29, 0.717) is 12.1 Å². The van der Waals surface area contributed by atoms with E-state index < -0.39 is 0 Å². The summed E-state index contributed by atoms with van der Waals surface area (Å²) in [5.41, 5.74) is 3.58. The Labute approximate surface area is 112 Å². The number of nitrogens with one attached hydrogen (secondary N) is 1. The average molecular weight is 255 g/mol. The van der Waals surface area contributed by atoms with E-state index in [1.165, 1.54) is 0 Å². The van der Waals surface area contributed by atoms with Crippen LogP contribution in [0.4, 0.5) is 5.69 Å². The van der Waals surface area contributed by atoms with E-state index in [1.54, 1.807) is 25.1 Å². The fourth-order valence-corrected chi connectivity index (χ4v) is 1.92. The smallest absolute Gasteiger partial charge is 0.228 e. The van der Waals surface area contributed by atoms with E-state index in [2.05, 4.69) is 5.32 Å². The van der Waals surface area contributed by atoms with E-state index >= 15 is 0 Å². The maximum atomic E-state index is 12.0. The van der Waals surface area contributed by atoms with Crippen molar-refractivity contribution in [3.63, 3.8) is 0 Å². The zero-order valence-corrected chi connectivity index (χ0v) is 11.1. The van der Waals surface area contributed by atoms with E-state index in [0.717, 1.165) is 16.7 Å². The summed E-state index contributed by atoms with van der Waals surface area (Å²) in [5.74, 6) is 0.177. The molecule has 3 nitrogen and oxygen atoms in total. The molecule has 98 valence electrons. The highest BCUT2D eigenvalue weighted by atomic mass is 16.3. The van der Waals surface area contributed by atoms with Crippen LogP contribution < -0.4 is 5.32 Å². The highest BCUT2D eigenvalue weighted by molar-refractivity contribution is 5.92. The van der Waals surface area contributed by atoms with Crippen molar-refractivity contribution in [3.8, 4) is 5.75 Å². The van der Waals surface area contributed by atoms with Crippen LogP contribution >= 0.6 is 0 Å². The number of carbonyl (C=O) groups is 1. The van der Waals surface area contributed by atoms with Gasteiger partial charge >= 0.3 is 0 Å². The van der Waals surface area contributed by atoms with Crippen LogP contribution in [0, 0.1) is 13.8 Å². The third kappa shape index (κ3) is 3.35. The Balaban J connectivity index is 2.05. The third-order valence-electron chi connectivity index (χ3n) is 3.09. The Hall–Kier alpha value is -2.29. The number of phenols is 1. The maximum absolute atomic E-state index is 12.0. The van der Waals surface area contributed by atoms with Crippen LogP contribution in [-0.4, -0.2) is 11.0 Å². The van der Waals surface area contributed by atoms with Gasteiger partial charge in [-0.25, -0.2) is 0 Å². The molecule has 2 N–H and O–H groups in total. The molecule has 19 heavy (non-hydrogen) atoms. The van der Waals surface area contributed by atoms with E-state index in [4.69, 9.17) is 0 Å². The molecule has 0 heterocycles. The van der Waals surface area contributed by atoms with Crippen LogP contribution in [0.3, 0.4) is 0 Å². The lowest BCUT2D eigenvalue weighted by Gasteiger charge is -2.08. The summed E-state index contributed by atoms with van der Waals surface area (Å²) < 4.78 is 0. The number of carbonyl (C=O) groups excluding carboxylic acids is 1. The van der Waals surface area contributed by atoms with Crippen molar-refractivity contribution in [2.24, 2.45) is 0 Å². The first-order valence-electron chi connectivity index (χ1n) is 6.20. The summed E-state index contributed by atoms with van der Waals surface area (Å²) in [4.78, 5) is 12.0. The molecule has 0 spiro atoms. The van der Waals surface area contributed by atoms with Gasteiger partial charge in [-0.3, -0.25) is 4.79 Å². The molecule has 0 radical (unpaired) electrons. The number of phenolic OH excluding ortho intramolecular Hbond substituents is 1. The lowest BCUT2D eigenvalue weighted by Crippen LogP contribution is -2.15. The second-order valence-electron chi connectivity index (χ2n) is 4.65. The third-order valence-corrected chi connectivity index (χ3v) is 3.09. The molecule has 0 bridgehead atoms. The molecule has 0 saturated carbocycles. The molecule has 2 aromatic rings. The van der Waals surface area contributed by atoms with Gasteiger partial charge in [0.1, 0.15) is 5.75 Å². The fraction of sp³-hybridized carbons (Fsp3) is 0.188. The van der Waals surface area contributed by atoms with Gasteiger partial charge in [0.2, 0.25) is 5.91 Å². The first kappa shape index (κ1) is 13.1. The number of anilines is 1. The van der Waals surface area contributed by atoms with Gasteiger partial charge < -0.3 is 10.4 Å². The van der Waals surface area contributed by atoms with E-state index in [1.807, 2.05) is 31.2 Å². The number of hydrogen-bond donors (Lipinski definition) is 2. The van der Waals surface area contributed by atoms with E-state index in [-0.39, 0.29) is 11.7 Å². The molecule has 1 amide bonds. The number of hydrogen-bond acceptors (Lipinski definition) is 2. The summed E-state index contributed by atoms with van der Waals surface area (Å²) >= 11 is 0. The molecule has 0 aromatic heterocycles. The van der Waals surface area contributed by atoms with Crippen molar-refractivity contribution in [3.05, 3.63) is 59.2 Å². The Morgan fingerprint density at radius 2 is 1.84 bits per heavy atom. The molecule has 0 saturated heterocycles. The molecule has 0 atom stereocenters. The van der Waals surface area contributed by atoms with Gasteiger partial charge in [0.05, 0.1) is 6.42 Å². The summed E-state index contributed by atoms with van der Waals surface area (Å²) in [6.45, 7) is 3.79. The first-order valence-corrected chi connectivity index (χ1v) is 6.20. The van der Waals surface area contributed by atoms with Gasteiger partial charge in [-0.15, -0.1) is 0 Å². The van der Waals surface area contributed by atoms with Gasteiger partial charge in [0.15, 0.2) is 0 Å². The monoisotopic (exact) mass is 255 g/mol. The normalized spacial score (nSPS) is 10.2. The average Bonchev–Trinajstić information content (AvgIpc) is 2.37. The number of aryl methyl sites for hydroxylation is 2. The van der Waals surface area contributed by atoms with Crippen LogP contribution in [0.1, 0.15) is 16.7 Å². The summed E-state index contributed by atoms with van der Waals surface area (Å²) in [5, 5.41) is 12.3. The van der Waals surface area contributed by atoms with E-state index in [9.17, 15) is 9.90 Å². The van der Waals surface area contributed by atoms with Crippen molar-refractivity contribution in [1.29, 1.82) is 0 Å². The summed E-state index contributed by atoms with van der Waals surface area (Å²) in [6.07, 6.45) is 0.354. The van der Waals surface area contributed by atoms with Crippen LogP contribution in [0.25, 0.3) is 0 Å². The second-order valence-corrected chi connectivity index (χ2v) is 4.65. The molecule has 0 aliphatic rings. The number of amides is 1. The lowest BCUT2D eigenvalue weighted by molar-refractivity contribution is -0.115. The highest BCUT2D eigenvalue weighted by Crippen LogP contribution is 2.20. The summed E-state index contributed by atoms with van der Waals surface area (Å²) in [6, 6.07) is 12.9. The SMILES string of the molecule is Cc1cc(NC(=O)Cc2ccccc2C)ccc1O. The van der Waals surface area contributed by atoms with Gasteiger partial charge in [-0.2, -0.15) is 0 Å². The minimum Gasteiger partial charge on any atom is -0.508 e. The number of rotatable bonds is 3.